The summed E-state index contributed by atoms with van der Waals surface area (Å²) in [6.45, 7) is 1.14. The Morgan fingerprint density at radius 2 is 2.10 bits per heavy atom. The van der Waals surface area contributed by atoms with Gasteiger partial charge >= 0.3 is 0 Å². The highest BCUT2D eigenvalue weighted by atomic mass is 79.9. The summed E-state index contributed by atoms with van der Waals surface area (Å²) in [5.41, 5.74) is 0.948. The van der Waals surface area contributed by atoms with Crippen LogP contribution in [0.5, 0.6) is 0 Å². The molecule has 7 heteroatoms. The summed E-state index contributed by atoms with van der Waals surface area (Å²) in [4.78, 5) is 0.311. The highest BCUT2D eigenvalue weighted by Gasteiger charge is 2.37. The molecule has 1 aromatic rings. The first kappa shape index (κ1) is 17.3. The summed E-state index contributed by atoms with van der Waals surface area (Å²) in [5.74, 6) is 0. The minimum absolute atomic E-state index is 0.0854. The molecule has 2 rings (SSSR count). The Morgan fingerprint density at radius 3 is 2.62 bits per heavy atom. The number of hydrogen-bond donors (Lipinski definition) is 2. The first-order valence-electron chi connectivity index (χ1n) is 6.90. The van der Waals surface area contributed by atoms with E-state index in [-0.39, 0.29) is 4.75 Å². The highest BCUT2D eigenvalue weighted by Crippen LogP contribution is 2.42. The summed E-state index contributed by atoms with van der Waals surface area (Å²) in [5, 5.41) is 3.03. The van der Waals surface area contributed by atoms with Gasteiger partial charge in [-0.1, -0.05) is 12.5 Å². The third-order valence-corrected chi connectivity index (χ3v) is 7.76. The van der Waals surface area contributed by atoms with E-state index in [1.165, 1.54) is 6.42 Å². The smallest absolute Gasteiger partial charge is 0.241 e. The summed E-state index contributed by atoms with van der Waals surface area (Å²) < 4.78 is 28.5. The molecule has 4 nitrogen and oxygen atoms in total. The molecule has 0 saturated heterocycles. The monoisotopic (exact) mass is 392 g/mol. The van der Waals surface area contributed by atoms with Crippen LogP contribution in [0, 0.1) is 0 Å². The lowest BCUT2D eigenvalue weighted by Crippen LogP contribution is -2.45. The van der Waals surface area contributed by atoms with E-state index in [1.807, 2.05) is 13.1 Å². The maximum absolute atomic E-state index is 12.5. The van der Waals surface area contributed by atoms with Gasteiger partial charge in [-0.25, -0.2) is 13.1 Å². The summed E-state index contributed by atoms with van der Waals surface area (Å²) in [6.07, 6.45) is 5.40. The van der Waals surface area contributed by atoms with Crippen LogP contribution in [-0.2, 0) is 16.6 Å². The zero-order valence-electron chi connectivity index (χ0n) is 12.3. The fourth-order valence-corrected chi connectivity index (χ4v) is 5.54. The Bertz CT molecular complexity index is 595. The molecule has 0 heterocycles. The van der Waals surface area contributed by atoms with Crippen molar-refractivity contribution >= 4 is 37.7 Å². The molecule has 1 aliphatic carbocycles. The fraction of sp³-hybridized carbons (Fsp3) is 0.571. The van der Waals surface area contributed by atoms with Crippen molar-refractivity contribution in [1.82, 2.24) is 10.0 Å². The van der Waals surface area contributed by atoms with Crippen LogP contribution in [0.4, 0.5) is 0 Å². The Kier molecular flexibility index (Phi) is 5.76. The molecule has 21 heavy (non-hydrogen) atoms. The lowest BCUT2D eigenvalue weighted by molar-refractivity contribution is 0.362. The SMILES string of the molecule is CNCc1ccc(Br)c(S(=O)(=O)NCC2(SC)CCC2)c1. The number of sulfonamides is 1. The van der Waals surface area contributed by atoms with Crippen LogP contribution in [0.15, 0.2) is 27.6 Å². The molecular formula is C14H21BrN2O2S2. The molecule has 1 saturated carbocycles. The van der Waals surface area contributed by atoms with E-state index < -0.39 is 10.0 Å². The summed E-state index contributed by atoms with van der Waals surface area (Å²) in [6, 6.07) is 5.42. The first-order valence-corrected chi connectivity index (χ1v) is 10.4. The molecule has 0 spiro atoms. The van der Waals surface area contributed by atoms with Crippen LogP contribution in [0.25, 0.3) is 0 Å². The molecule has 1 aliphatic rings. The van der Waals surface area contributed by atoms with Gasteiger partial charge in [0, 0.05) is 22.3 Å². The summed E-state index contributed by atoms with van der Waals surface area (Å²) in [7, 11) is -1.65. The van der Waals surface area contributed by atoms with E-state index in [2.05, 4.69) is 32.2 Å². The van der Waals surface area contributed by atoms with E-state index in [1.54, 1.807) is 23.9 Å². The lowest BCUT2D eigenvalue weighted by Gasteiger charge is -2.40. The lowest BCUT2D eigenvalue weighted by atomic mass is 9.84. The number of halogens is 1. The normalized spacial score (nSPS) is 17.5. The Labute approximate surface area is 139 Å². The topological polar surface area (TPSA) is 58.2 Å². The van der Waals surface area contributed by atoms with Gasteiger partial charge in [0.15, 0.2) is 0 Å². The zero-order chi connectivity index (χ0) is 15.5. The second-order valence-corrected chi connectivity index (χ2v) is 9.22. The van der Waals surface area contributed by atoms with Gasteiger partial charge in [-0.2, -0.15) is 11.8 Å². The van der Waals surface area contributed by atoms with Gasteiger partial charge in [0.1, 0.15) is 0 Å². The molecule has 0 unspecified atom stereocenters. The van der Waals surface area contributed by atoms with Crippen LogP contribution in [-0.4, -0.2) is 33.0 Å². The number of benzene rings is 1. The molecule has 118 valence electrons. The molecule has 1 aromatic carbocycles. The number of hydrogen-bond acceptors (Lipinski definition) is 4. The molecule has 0 radical (unpaired) electrons. The third kappa shape index (κ3) is 4.01. The van der Waals surface area contributed by atoms with E-state index >= 15 is 0 Å². The molecule has 0 atom stereocenters. The molecule has 2 N–H and O–H groups in total. The minimum Gasteiger partial charge on any atom is -0.316 e. The summed E-state index contributed by atoms with van der Waals surface area (Å²) >= 11 is 5.10. The molecular weight excluding hydrogens is 372 g/mol. The van der Waals surface area contributed by atoms with E-state index in [0.29, 0.717) is 22.5 Å². The standard InChI is InChI=1S/C14H21BrN2O2S2/c1-16-9-11-4-5-12(15)13(8-11)21(18,19)17-10-14(20-2)6-3-7-14/h4-5,8,16-17H,3,6-7,9-10H2,1-2H3. The number of rotatable bonds is 7. The zero-order valence-corrected chi connectivity index (χ0v) is 15.5. The van der Waals surface area contributed by atoms with Crippen molar-refractivity contribution in [2.24, 2.45) is 0 Å². The number of nitrogens with one attached hydrogen (secondary N) is 2. The van der Waals surface area contributed by atoms with Crippen LogP contribution in [0.1, 0.15) is 24.8 Å². The molecule has 0 amide bonds. The van der Waals surface area contributed by atoms with Crippen molar-refractivity contribution in [2.75, 3.05) is 19.8 Å². The van der Waals surface area contributed by atoms with Crippen molar-refractivity contribution in [3.63, 3.8) is 0 Å². The van der Waals surface area contributed by atoms with Gasteiger partial charge in [0.05, 0.1) is 4.90 Å². The van der Waals surface area contributed by atoms with Gasteiger partial charge in [-0.15, -0.1) is 0 Å². The molecule has 0 aromatic heterocycles. The second kappa shape index (κ2) is 7.00. The highest BCUT2D eigenvalue weighted by molar-refractivity contribution is 9.10. The Balaban J connectivity index is 2.17. The van der Waals surface area contributed by atoms with Crippen molar-refractivity contribution in [1.29, 1.82) is 0 Å². The van der Waals surface area contributed by atoms with Gasteiger partial charge in [0.25, 0.3) is 0 Å². The van der Waals surface area contributed by atoms with Crippen molar-refractivity contribution in [3.8, 4) is 0 Å². The number of thioether (sulfide) groups is 1. The maximum Gasteiger partial charge on any atom is 0.241 e. The average molecular weight is 393 g/mol. The largest absolute Gasteiger partial charge is 0.316 e. The predicted molar refractivity (Wildman–Crippen MR) is 92.2 cm³/mol. The fourth-order valence-electron chi connectivity index (χ4n) is 2.40. The second-order valence-electron chi connectivity index (χ2n) is 5.36. The van der Waals surface area contributed by atoms with Gasteiger partial charge < -0.3 is 5.32 Å². The van der Waals surface area contributed by atoms with Gasteiger partial charge in [-0.3, -0.25) is 0 Å². The van der Waals surface area contributed by atoms with Gasteiger partial charge in [-0.05, 0) is 59.8 Å². The minimum atomic E-state index is -3.49. The first-order chi connectivity index (χ1) is 9.92. The maximum atomic E-state index is 12.5. The van der Waals surface area contributed by atoms with Crippen LogP contribution in [0.3, 0.4) is 0 Å². The van der Waals surface area contributed by atoms with E-state index in [4.69, 9.17) is 0 Å². The molecule has 0 aliphatic heterocycles. The van der Waals surface area contributed by atoms with Crippen LogP contribution in [0.2, 0.25) is 0 Å². The van der Waals surface area contributed by atoms with E-state index in [9.17, 15) is 8.42 Å². The quantitative estimate of drug-likeness (QED) is 0.748. The van der Waals surface area contributed by atoms with Crippen molar-refractivity contribution in [3.05, 3.63) is 28.2 Å². The van der Waals surface area contributed by atoms with E-state index in [0.717, 1.165) is 18.4 Å². The molecule has 0 bridgehead atoms. The van der Waals surface area contributed by atoms with Crippen molar-refractivity contribution in [2.45, 2.75) is 35.4 Å². The average Bonchev–Trinajstić information content (AvgIpc) is 2.40. The Hall–Kier alpha value is -0.0800. The van der Waals surface area contributed by atoms with Gasteiger partial charge in [0.2, 0.25) is 10.0 Å². The van der Waals surface area contributed by atoms with Crippen LogP contribution >= 0.6 is 27.7 Å². The molecule has 1 fully saturated rings. The third-order valence-electron chi connectivity index (χ3n) is 3.95. The van der Waals surface area contributed by atoms with Crippen LogP contribution < -0.4 is 10.0 Å². The predicted octanol–water partition coefficient (Wildman–Crippen LogP) is 2.73. The van der Waals surface area contributed by atoms with Crippen molar-refractivity contribution < 1.29 is 8.42 Å². The Morgan fingerprint density at radius 1 is 1.38 bits per heavy atom.